The van der Waals surface area contributed by atoms with E-state index in [2.05, 4.69) is 20.5 Å². The molecule has 0 radical (unpaired) electrons. The molecule has 0 saturated heterocycles. The maximum absolute atomic E-state index is 11.2. The van der Waals surface area contributed by atoms with Gasteiger partial charge in [-0.05, 0) is 13.0 Å². The van der Waals surface area contributed by atoms with Crippen LogP contribution in [0.4, 0.5) is 5.95 Å². The highest BCUT2D eigenvalue weighted by atomic mass is 16.2. The molecule has 5 N–H and O–H groups in total. The molecule has 1 amide bonds. The first-order valence-corrected chi connectivity index (χ1v) is 4.58. The van der Waals surface area contributed by atoms with Crippen molar-refractivity contribution in [3.63, 3.8) is 0 Å². The summed E-state index contributed by atoms with van der Waals surface area (Å²) in [5.41, 5.74) is 8.89. The second-order valence-electron chi connectivity index (χ2n) is 3.31. The van der Waals surface area contributed by atoms with Gasteiger partial charge in [-0.1, -0.05) is 0 Å². The average molecular weight is 221 g/mol. The first kappa shape index (κ1) is 10.3. The highest BCUT2D eigenvalue weighted by Gasteiger charge is 2.10. The van der Waals surface area contributed by atoms with E-state index in [0.717, 1.165) is 5.69 Å². The van der Waals surface area contributed by atoms with E-state index in [9.17, 15) is 4.79 Å². The summed E-state index contributed by atoms with van der Waals surface area (Å²) < 4.78 is 1.43. The largest absolute Gasteiger partial charge is 0.366 e. The third-order valence-electron chi connectivity index (χ3n) is 2.03. The van der Waals surface area contributed by atoms with Gasteiger partial charge in [-0.2, -0.15) is 9.50 Å². The van der Waals surface area contributed by atoms with Crippen molar-refractivity contribution in [2.75, 3.05) is 5.73 Å². The van der Waals surface area contributed by atoms with Gasteiger partial charge < -0.3 is 5.73 Å². The van der Waals surface area contributed by atoms with Crippen LogP contribution in [0, 0.1) is 6.92 Å². The molecular formula is C8H11N7O. The minimum Gasteiger partial charge on any atom is -0.366 e. The van der Waals surface area contributed by atoms with Crippen LogP contribution >= 0.6 is 0 Å². The van der Waals surface area contributed by atoms with Gasteiger partial charge in [-0.3, -0.25) is 10.2 Å². The Labute approximate surface area is 90.6 Å². The molecule has 8 heteroatoms. The van der Waals surface area contributed by atoms with E-state index in [1.165, 1.54) is 4.52 Å². The van der Waals surface area contributed by atoms with Crippen molar-refractivity contribution in [3.05, 3.63) is 17.5 Å². The van der Waals surface area contributed by atoms with Crippen LogP contribution in [0.3, 0.4) is 0 Å². The number of carbonyl (C=O) groups excluding carboxylic acids is 1. The Hall–Kier alpha value is -2.22. The molecular weight excluding hydrogens is 210 g/mol. The minimum atomic E-state index is -0.319. The second kappa shape index (κ2) is 3.74. The number of hydrogen-bond donors (Lipinski definition) is 3. The molecule has 8 nitrogen and oxygen atoms in total. The molecule has 0 spiro atoms. The summed E-state index contributed by atoms with van der Waals surface area (Å²) in [6.45, 7) is 1.80. The lowest BCUT2D eigenvalue weighted by Gasteiger charge is -2.03. The summed E-state index contributed by atoms with van der Waals surface area (Å²) in [6, 6.07) is 1.73. The summed E-state index contributed by atoms with van der Waals surface area (Å²) in [5, 5.41) is 3.94. The molecule has 2 heterocycles. The van der Waals surface area contributed by atoms with Crippen molar-refractivity contribution in [2.45, 2.75) is 13.3 Å². The molecule has 0 saturated carbocycles. The van der Waals surface area contributed by atoms with Crippen LogP contribution in [-0.2, 0) is 11.2 Å². The van der Waals surface area contributed by atoms with E-state index in [4.69, 9.17) is 11.6 Å². The summed E-state index contributed by atoms with van der Waals surface area (Å²) in [5.74, 6) is 5.19. The number of hydrazine groups is 1. The van der Waals surface area contributed by atoms with Crippen molar-refractivity contribution >= 4 is 17.6 Å². The number of hydrogen-bond acceptors (Lipinski definition) is 6. The highest BCUT2D eigenvalue weighted by molar-refractivity contribution is 5.77. The average Bonchev–Trinajstić information content (AvgIpc) is 2.58. The topological polar surface area (TPSA) is 124 Å². The smallest absolute Gasteiger partial charge is 0.254 e. The Morgan fingerprint density at radius 3 is 3.00 bits per heavy atom. The SMILES string of the molecule is Cc1cc(CC(=O)NN)n2nc(N)nc2n1. The van der Waals surface area contributed by atoms with Crippen LogP contribution in [0.2, 0.25) is 0 Å². The zero-order valence-electron chi connectivity index (χ0n) is 8.64. The third-order valence-corrected chi connectivity index (χ3v) is 2.03. The molecule has 0 unspecified atom stereocenters. The maximum atomic E-state index is 11.2. The monoisotopic (exact) mass is 221 g/mol. The van der Waals surface area contributed by atoms with Gasteiger partial charge in [0.1, 0.15) is 0 Å². The van der Waals surface area contributed by atoms with E-state index >= 15 is 0 Å². The van der Waals surface area contributed by atoms with Gasteiger partial charge in [-0.15, -0.1) is 5.10 Å². The number of nitrogens with one attached hydrogen (secondary N) is 1. The predicted molar refractivity (Wildman–Crippen MR) is 56.0 cm³/mol. The fraction of sp³-hybridized carbons (Fsp3) is 0.250. The molecule has 0 aliphatic carbocycles. The van der Waals surface area contributed by atoms with Crippen LogP contribution in [0.5, 0.6) is 0 Å². The van der Waals surface area contributed by atoms with Crippen molar-refractivity contribution < 1.29 is 4.79 Å². The molecule has 2 aromatic heterocycles. The van der Waals surface area contributed by atoms with E-state index in [0.29, 0.717) is 11.5 Å². The number of aromatic nitrogens is 4. The van der Waals surface area contributed by atoms with Crippen LogP contribution < -0.4 is 17.0 Å². The zero-order chi connectivity index (χ0) is 11.7. The number of fused-ring (bicyclic) bond motifs is 1. The first-order valence-electron chi connectivity index (χ1n) is 4.58. The molecule has 0 atom stereocenters. The number of aryl methyl sites for hydroxylation is 1. The van der Waals surface area contributed by atoms with Crippen LogP contribution in [0.1, 0.15) is 11.4 Å². The van der Waals surface area contributed by atoms with Crippen LogP contribution in [0.15, 0.2) is 6.07 Å². The minimum absolute atomic E-state index is 0.0964. The van der Waals surface area contributed by atoms with Crippen molar-refractivity contribution in [1.82, 2.24) is 25.0 Å². The van der Waals surface area contributed by atoms with E-state index in [1.54, 1.807) is 13.0 Å². The summed E-state index contributed by atoms with van der Waals surface area (Å²) >= 11 is 0. The number of rotatable bonds is 2. The Balaban J connectivity index is 2.53. The van der Waals surface area contributed by atoms with Gasteiger partial charge in [0, 0.05) is 5.69 Å². The lowest BCUT2D eigenvalue weighted by Crippen LogP contribution is -2.32. The van der Waals surface area contributed by atoms with Gasteiger partial charge in [0.2, 0.25) is 11.9 Å². The summed E-state index contributed by atoms with van der Waals surface area (Å²) in [6.07, 6.45) is 0.0964. The molecule has 0 fully saturated rings. The quantitative estimate of drug-likeness (QED) is 0.323. The number of anilines is 1. The van der Waals surface area contributed by atoms with Crippen molar-refractivity contribution in [1.29, 1.82) is 0 Å². The Kier molecular flexibility index (Phi) is 2.41. The number of carbonyl (C=O) groups is 1. The number of nitrogens with zero attached hydrogens (tertiary/aromatic N) is 4. The molecule has 0 bridgehead atoms. The Morgan fingerprint density at radius 1 is 1.56 bits per heavy atom. The van der Waals surface area contributed by atoms with Crippen LogP contribution in [0.25, 0.3) is 5.78 Å². The van der Waals surface area contributed by atoms with Crippen molar-refractivity contribution in [2.24, 2.45) is 5.84 Å². The fourth-order valence-corrected chi connectivity index (χ4v) is 1.42. The second-order valence-corrected chi connectivity index (χ2v) is 3.31. The van der Waals surface area contributed by atoms with E-state index in [-0.39, 0.29) is 18.3 Å². The molecule has 2 aromatic rings. The Morgan fingerprint density at radius 2 is 2.31 bits per heavy atom. The predicted octanol–water partition coefficient (Wildman–Crippen LogP) is -1.45. The van der Waals surface area contributed by atoms with Gasteiger partial charge in [-0.25, -0.2) is 10.8 Å². The Bertz CT molecular complexity index is 547. The maximum Gasteiger partial charge on any atom is 0.254 e. The van der Waals surface area contributed by atoms with Gasteiger partial charge in [0.25, 0.3) is 5.78 Å². The molecule has 0 aliphatic heterocycles. The van der Waals surface area contributed by atoms with Crippen molar-refractivity contribution in [3.8, 4) is 0 Å². The molecule has 0 aromatic carbocycles. The van der Waals surface area contributed by atoms with Crippen LogP contribution in [-0.4, -0.2) is 25.5 Å². The number of nitrogen functional groups attached to an aromatic ring is 1. The van der Waals surface area contributed by atoms with Gasteiger partial charge >= 0.3 is 0 Å². The summed E-state index contributed by atoms with van der Waals surface area (Å²) in [4.78, 5) is 19.3. The molecule has 84 valence electrons. The normalized spacial score (nSPS) is 10.6. The fourth-order valence-electron chi connectivity index (χ4n) is 1.42. The number of nitrogens with two attached hydrogens (primary N) is 2. The highest BCUT2D eigenvalue weighted by Crippen LogP contribution is 2.07. The first-order chi connectivity index (χ1) is 7.60. The number of amides is 1. The van der Waals surface area contributed by atoms with Gasteiger partial charge in [0.05, 0.1) is 12.1 Å². The van der Waals surface area contributed by atoms with E-state index < -0.39 is 0 Å². The molecule has 2 rings (SSSR count). The standard InChI is InChI=1S/C8H11N7O/c1-4-2-5(3-6(16)13-10)15-8(11-4)12-7(9)14-15/h2H,3,10H2,1H3,(H2,9,14)(H,13,16). The molecule has 0 aliphatic rings. The lowest BCUT2D eigenvalue weighted by molar-refractivity contribution is -0.120. The zero-order valence-corrected chi connectivity index (χ0v) is 8.64. The summed E-state index contributed by atoms with van der Waals surface area (Å²) in [7, 11) is 0. The third kappa shape index (κ3) is 1.77. The molecule has 16 heavy (non-hydrogen) atoms. The van der Waals surface area contributed by atoms with Gasteiger partial charge in [0.15, 0.2) is 0 Å². The lowest BCUT2D eigenvalue weighted by atomic mass is 10.2. The van der Waals surface area contributed by atoms with E-state index in [1.807, 2.05) is 0 Å².